The molecule has 11 heteroatoms. The van der Waals surface area contributed by atoms with Crippen LogP contribution < -0.4 is 10.6 Å². The third kappa shape index (κ3) is 6.82. The molecule has 40 heavy (non-hydrogen) atoms. The van der Waals surface area contributed by atoms with Crippen LogP contribution in [-0.4, -0.2) is 57.7 Å². The van der Waals surface area contributed by atoms with Gasteiger partial charge in [-0.15, -0.1) is 0 Å². The molecule has 1 saturated heterocycles. The number of hydrogen-bond acceptors (Lipinski definition) is 4. The number of amides is 3. The minimum absolute atomic E-state index is 0.0344. The van der Waals surface area contributed by atoms with Crippen molar-refractivity contribution >= 4 is 23.4 Å². The Labute approximate surface area is 232 Å². The summed E-state index contributed by atoms with van der Waals surface area (Å²) >= 11 is 0. The van der Waals surface area contributed by atoms with E-state index in [0.29, 0.717) is 55.9 Å². The van der Waals surface area contributed by atoms with Crippen LogP contribution in [-0.2, 0) is 12.0 Å². The molecule has 2 aromatic carbocycles. The van der Waals surface area contributed by atoms with E-state index in [1.807, 2.05) is 45.6 Å². The highest BCUT2D eigenvalue weighted by Gasteiger charge is 2.25. The molecule has 1 aromatic heterocycles. The largest absolute Gasteiger partial charge is 0.336 e. The van der Waals surface area contributed by atoms with Gasteiger partial charge < -0.3 is 10.2 Å². The van der Waals surface area contributed by atoms with Crippen LogP contribution in [0.2, 0.25) is 0 Å². The summed E-state index contributed by atoms with van der Waals surface area (Å²) in [4.78, 5) is 28.8. The van der Waals surface area contributed by atoms with Gasteiger partial charge in [-0.1, -0.05) is 26.8 Å². The van der Waals surface area contributed by atoms with Gasteiger partial charge in [0.1, 0.15) is 23.3 Å². The number of piperazine rings is 1. The van der Waals surface area contributed by atoms with Crippen molar-refractivity contribution in [1.82, 2.24) is 19.6 Å². The highest BCUT2D eigenvalue weighted by molar-refractivity contribution is 5.99. The fraction of sp³-hybridized carbons (Fsp3) is 0.414. The van der Waals surface area contributed by atoms with Crippen LogP contribution in [0.3, 0.4) is 0 Å². The lowest BCUT2D eigenvalue weighted by atomic mass is 9.92. The van der Waals surface area contributed by atoms with E-state index in [1.165, 1.54) is 11.0 Å². The lowest BCUT2D eigenvalue weighted by molar-refractivity contribution is 0.0622. The van der Waals surface area contributed by atoms with Crippen molar-refractivity contribution in [1.29, 1.82) is 0 Å². The van der Waals surface area contributed by atoms with Crippen molar-refractivity contribution < 1.29 is 22.8 Å². The van der Waals surface area contributed by atoms with Crippen molar-refractivity contribution in [2.45, 2.75) is 52.6 Å². The summed E-state index contributed by atoms with van der Waals surface area (Å²) in [7, 11) is 0. The van der Waals surface area contributed by atoms with Gasteiger partial charge in [-0.25, -0.2) is 22.6 Å². The first-order valence-corrected chi connectivity index (χ1v) is 13.2. The molecule has 0 spiro atoms. The Morgan fingerprint density at radius 2 is 1.62 bits per heavy atom. The molecule has 0 aliphatic carbocycles. The molecule has 0 atom stereocenters. The molecule has 0 radical (unpaired) electrons. The maximum atomic E-state index is 14.9. The lowest BCUT2D eigenvalue weighted by Gasteiger charge is -2.35. The normalized spacial score (nSPS) is 14.5. The predicted molar refractivity (Wildman–Crippen MR) is 148 cm³/mol. The highest BCUT2D eigenvalue weighted by atomic mass is 19.1. The molecule has 3 amide bonds. The lowest BCUT2D eigenvalue weighted by Crippen LogP contribution is -2.48. The number of hydrogen-bond donors (Lipinski definition) is 2. The number of anilines is 2. The van der Waals surface area contributed by atoms with Crippen LogP contribution in [0.1, 0.15) is 62.3 Å². The molecule has 2 heterocycles. The van der Waals surface area contributed by atoms with Crippen LogP contribution in [0, 0.1) is 17.5 Å². The molecule has 1 fully saturated rings. The summed E-state index contributed by atoms with van der Waals surface area (Å²) in [5.41, 5.74) is 1.25. The van der Waals surface area contributed by atoms with Crippen LogP contribution >= 0.6 is 0 Å². The number of rotatable bonds is 6. The maximum Gasteiger partial charge on any atom is 0.324 e. The number of benzene rings is 2. The summed E-state index contributed by atoms with van der Waals surface area (Å²) in [5.74, 6) is -2.04. The van der Waals surface area contributed by atoms with Crippen molar-refractivity contribution in [2.75, 3.05) is 36.8 Å². The van der Waals surface area contributed by atoms with Crippen molar-refractivity contribution in [2.24, 2.45) is 0 Å². The third-order valence-corrected chi connectivity index (χ3v) is 6.76. The number of urea groups is 1. The fourth-order valence-electron chi connectivity index (χ4n) is 4.46. The molecular weight excluding hydrogens is 521 g/mol. The van der Waals surface area contributed by atoms with Gasteiger partial charge in [0.25, 0.3) is 5.91 Å². The Morgan fingerprint density at radius 3 is 2.23 bits per heavy atom. The minimum Gasteiger partial charge on any atom is -0.336 e. The zero-order valence-electron chi connectivity index (χ0n) is 23.4. The van der Waals surface area contributed by atoms with E-state index in [-0.39, 0.29) is 17.0 Å². The zero-order valence-corrected chi connectivity index (χ0v) is 23.4. The van der Waals surface area contributed by atoms with E-state index in [1.54, 1.807) is 16.8 Å². The smallest absolute Gasteiger partial charge is 0.324 e. The van der Waals surface area contributed by atoms with Crippen molar-refractivity contribution in [3.63, 3.8) is 0 Å². The second-order valence-corrected chi connectivity index (χ2v) is 11.3. The Hall–Kier alpha value is -3.86. The number of aromatic nitrogens is 2. The number of nitrogens with one attached hydrogen (secondary N) is 2. The first kappa shape index (κ1) is 29.1. The average molecular weight is 557 g/mol. The molecule has 214 valence electrons. The van der Waals surface area contributed by atoms with E-state index >= 15 is 0 Å². The van der Waals surface area contributed by atoms with Gasteiger partial charge in [0.2, 0.25) is 0 Å². The van der Waals surface area contributed by atoms with Gasteiger partial charge in [0, 0.05) is 67.6 Å². The zero-order chi connectivity index (χ0) is 29.2. The summed E-state index contributed by atoms with van der Waals surface area (Å²) < 4.78 is 43.9. The topological polar surface area (TPSA) is 82.5 Å². The summed E-state index contributed by atoms with van der Waals surface area (Å²) in [5, 5.41) is 10.1. The SMILES string of the molecule is CC(C)n1nc(C(C)(C)C)cc1NC(=O)Nc1ccc(CN2CCN(C(=O)c3ccc(F)cc3F)CC2)c(F)c1. The average Bonchev–Trinajstić information content (AvgIpc) is 3.30. The molecular formula is C29H35F3N6O2. The number of halogens is 3. The second kappa shape index (κ2) is 11.7. The van der Waals surface area contributed by atoms with Gasteiger partial charge in [-0.3, -0.25) is 15.0 Å². The predicted octanol–water partition coefficient (Wildman–Crippen LogP) is 5.78. The number of nitrogens with zero attached hydrogens (tertiary/aromatic N) is 4. The maximum absolute atomic E-state index is 14.9. The molecule has 4 rings (SSSR count). The number of carbonyl (C=O) groups excluding carboxylic acids is 2. The Bertz CT molecular complexity index is 1390. The first-order chi connectivity index (χ1) is 18.8. The van der Waals surface area contributed by atoms with Crippen LogP contribution in [0.5, 0.6) is 0 Å². The van der Waals surface area contributed by atoms with E-state index < -0.39 is 29.4 Å². The standard InChI is InChI=1S/C29H35F3N6O2/c1-18(2)38-26(16-25(35-38)29(3,4)5)34-28(40)33-21-8-6-19(23(31)15-21)17-36-10-12-37(13-11-36)27(39)22-9-7-20(30)14-24(22)32/h6-9,14-16,18H,10-13,17H2,1-5H3,(H2,33,34,40). The molecule has 0 bridgehead atoms. The summed E-state index contributed by atoms with van der Waals surface area (Å²) in [6.07, 6.45) is 0. The molecule has 2 N–H and O–H groups in total. The Balaban J connectivity index is 1.33. The van der Waals surface area contributed by atoms with Gasteiger partial charge in [0.05, 0.1) is 11.3 Å². The van der Waals surface area contributed by atoms with E-state index in [2.05, 4.69) is 15.7 Å². The molecule has 8 nitrogen and oxygen atoms in total. The molecule has 3 aromatic rings. The van der Waals surface area contributed by atoms with Crippen molar-refractivity contribution in [3.05, 3.63) is 76.7 Å². The molecule has 0 saturated carbocycles. The second-order valence-electron chi connectivity index (χ2n) is 11.3. The van der Waals surface area contributed by atoms with E-state index in [9.17, 15) is 22.8 Å². The highest BCUT2D eigenvalue weighted by Crippen LogP contribution is 2.26. The van der Waals surface area contributed by atoms with Crippen molar-refractivity contribution in [3.8, 4) is 0 Å². The van der Waals surface area contributed by atoms with Gasteiger partial charge in [0.15, 0.2) is 0 Å². The molecule has 1 aliphatic heterocycles. The van der Waals surface area contributed by atoms with Crippen LogP contribution in [0.25, 0.3) is 0 Å². The fourth-order valence-corrected chi connectivity index (χ4v) is 4.46. The minimum atomic E-state index is -0.892. The monoisotopic (exact) mass is 556 g/mol. The molecule has 1 aliphatic rings. The summed E-state index contributed by atoms with van der Waals surface area (Å²) in [6.45, 7) is 12.0. The number of carbonyl (C=O) groups is 2. The summed E-state index contributed by atoms with van der Waals surface area (Å²) in [6, 6.07) is 8.78. The Morgan fingerprint density at radius 1 is 0.925 bits per heavy atom. The third-order valence-electron chi connectivity index (χ3n) is 6.76. The van der Waals surface area contributed by atoms with Gasteiger partial charge >= 0.3 is 6.03 Å². The quantitative estimate of drug-likeness (QED) is 0.403. The van der Waals surface area contributed by atoms with Gasteiger partial charge in [-0.2, -0.15) is 5.10 Å². The van der Waals surface area contributed by atoms with E-state index in [0.717, 1.165) is 17.8 Å². The van der Waals surface area contributed by atoms with Gasteiger partial charge in [-0.05, 0) is 38.1 Å². The molecule has 0 unspecified atom stereocenters. The first-order valence-electron chi connectivity index (χ1n) is 13.2. The van der Waals surface area contributed by atoms with Crippen LogP contribution in [0.15, 0.2) is 42.5 Å². The Kier molecular flexibility index (Phi) is 8.53. The van der Waals surface area contributed by atoms with Crippen LogP contribution in [0.4, 0.5) is 29.5 Å². The van der Waals surface area contributed by atoms with E-state index in [4.69, 9.17) is 0 Å².